The summed E-state index contributed by atoms with van der Waals surface area (Å²) in [5.41, 5.74) is 4.44. The lowest BCUT2D eigenvalue weighted by molar-refractivity contribution is -0.117. The summed E-state index contributed by atoms with van der Waals surface area (Å²) in [6.07, 6.45) is 1.46. The van der Waals surface area contributed by atoms with E-state index in [9.17, 15) is 4.79 Å². The van der Waals surface area contributed by atoms with Crippen LogP contribution in [0.4, 0.5) is 5.69 Å². The van der Waals surface area contributed by atoms with E-state index in [1.807, 2.05) is 35.2 Å². The Morgan fingerprint density at radius 2 is 1.84 bits per heavy atom. The Hall–Kier alpha value is -2.62. The molecule has 1 unspecified atom stereocenters. The Kier molecular flexibility index (Phi) is 4.04. The van der Waals surface area contributed by atoms with Gasteiger partial charge in [0.1, 0.15) is 5.82 Å². The minimum atomic E-state index is 0.143. The minimum Gasteiger partial charge on any atom is -0.328 e. The normalized spacial score (nSPS) is 17.6. The monoisotopic (exact) mass is 333 g/mol. The van der Waals surface area contributed by atoms with Gasteiger partial charge in [-0.1, -0.05) is 37.3 Å². The molecule has 0 bridgehead atoms. The predicted octanol–water partition coefficient (Wildman–Crippen LogP) is 4.14. The van der Waals surface area contributed by atoms with Crippen molar-refractivity contribution in [2.75, 3.05) is 11.4 Å². The van der Waals surface area contributed by atoms with Crippen molar-refractivity contribution in [3.8, 4) is 0 Å². The number of imidazole rings is 1. The van der Waals surface area contributed by atoms with E-state index in [0.29, 0.717) is 13.0 Å². The Balaban J connectivity index is 1.71. The van der Waals surface area contributed by atoms with Crippen LogP contribution >= 0.6 is 0 Å². The third-order valence-electron chi connectivity index (χ3n) is 5.15. The number of aryl methyl sites for hydroxylation is 2. The molecule has 4 nitrogen and oxygen atoms in total. The third-order valence-corrected chi connectivity index (χ3v) is 5.15. The Bertz CT molecular complexity index is 928. The number of benzene rings is 2. The summed E-state index contributed by atoms with van der Waals surface area (Å²) in [6.45, 7) is 5.84. The van der Waals surface area contributed by atoms with Crippen LogP contribution in [0, 0.1) is 0 Å². The highest BCUT2D eigenvalue weighted by molar-refractivity contribution is 5.97. The molecule has 0 spiro atoms. The van der Waals surface area contributed by atoms with E-state index in [-0.39, 0.29) is 11.8 Å². The molecule has 1 saturated heterocycles. The molecule has 128 valence electrons. The number of carbonyl (C=O) groups excluding carboxylic acids is 1. The van der Waals surface area contributed by atoms with E-state index in [0.717, 1.165) is 35.5 Å². The fraction of sp³-hybridized carbons (Fsp3) is 0.333. The number of para-hydroxylation sites is 3. The van der Waals surface area contributed by atoms with Crippen LogP contribution in [0.5, 0.6) is 0 Å². The second kappa shape index (κ2) is 6.36. The van der Waals surface area contributed by atoms with Crippen LogP contribution in [-0.4, -0.2) is 22.0 Å². The molecule has 0 radical (unpaired) electrons. The number of hydrogen-bond donors (Lipinski definition) is 0. The van der Waals surface area contributed by atoms with Crippen molar-refractivity contribution in [1.82, 2.24) is 9.55 Å². The lowest BCUT2D eigenvalue weighted by Gasteiger charge is -2.20. The van der Waals surface area contributed by atoms with Crippen LogP contribution in [0.3, 0.4) is 0 Å². The lowest BCUT2D eigenvalue weighted by Crippen LogP contribution is -2.25. The first kappa shape index (κ1) is 15.9. The molecule has 0 saturated carbocycles. The van der Waals surface area contributed by atoms with E-state index >= 15 is 0 Å². The number of aromatic nitrogens is 2. The maximum atomic E-state index is 12.7. The summed E-state index contributed by atoms with van der Waals surface area (Å²) in [6, 6.07) is 16.4. The number of anilines is 1. The molecule has 1 atom stereocenters. The Morgan fingerprint density at radius 1 is 1.08 bits per heavy atom. The molecular weight excluding hydrogens is 310 g/mol. The second-order valence-electron chi connectivity index (χ2n) is 6.59. The molecule has 1 aliphatic rings. The van der Waals surface area contributed by atoms with Crippen molar-refractivity contribution in [3.63, 3.8) is 0 Å². The van der Waals surface area contributed by atoms with Gasteiger partial charge in [0.15, 0.2) is 0 Å². The summed E-state index contributed by atoms with van der Waals surface area (Å²) in [5.74, 6) is 1.37. The zero-order valence-corrected chi connectivity index (χ0v) is 14.8. The summed E-state index contributed by atoms with van der Waals surface area (Å²) in [5, 5.41) is 0. The molecule has 1 amide bonds. The van der Waals surface area contributed by atoms with E-state index in [4.69, 9.17) is 4.98 Å². The molecule has 25 heavy (non-hydrogen) atoms. The van der Waals surface area contributed by atoms with Crippen LogP contribution < -0.4 is 4.90 Å². The van der Waals surface area contributed by atoms with E-state index in [2.05, 4.69) is 36.6 Å². The molecule has 1 fully saturated rings. The standard InChI is InChI=1S/C21H23N3O/c1-3-15-9-5-7-11-18(15)24-14-16(13-20(24)25)21-22-17-10-6-8-12-19(17)23(21)4-2/h5-12,16H,3-4,13-14H2,1-2H3. The van der Waals surface area contributed by atoms with Gasteiger partial charge >= 0.3 is 0 Å². The van der Waals surface area contributed by atoms with Crippen molar-refractivity contribution in [2.24, 2.45) is 0 Å². The van der Waals surface area contributed by atoms with Crippen molar-refractivity contribution in [2.45, 2.75) is 39.2 Å². The Labute approximate surface area is 148 Å². The second-order valence-corrected chi connectivity index (χ2v) is 6.59. The minimum absolute atomic E-state index is 0.143. The SMILES string of the molecule is CCc1ccccc1N1CC(c2nc3ccccc3n2CC)CC1=O. The third kappa shape index (κ3) is 2.62. The topological polar surface area (TPSA) is 38.1 Å². The van der Waals surface area contributed by atoms with Gasteiger partial charge in [0, 0.05) is 31.1 Å². The predicted molar refractivity (Wildman–Crippen MR) is 101 cm³/mol. The number of amides is 1. The van der Waals surface area contributed by atoms with Gasteiger partial charge in [0.05, 0.1) is 11.0 Å². The van der Waals surface area contributed by atoms with Crippen molar-refractivity contribution < 1.29 is 4.79 Å². The maximum absolute atomic E-state index is 12.7. The zero-order chi connectivity index (χ0) is 17.4. The molecule has 1 aliphatic heterocycles. The van der Waals surface area contributed by atoms with Gasteiger partial charge in [0.2, 0.25) is 5.91 Å². The number of carbonyl (C=O) groups is 1. The molecule has 3 aromatic rings. The number of hydrogen-bond acceptors (Lipinski definition) is 2. The molecular formula is C21H23N3O. The lowest BCUT2D eigenvalue weighted by atomic mass is 10.1. The number of nitrogens with zero attached hydrogens (tertiary/aromatic N) is 3. The van der Waals surface area contributed by atoms with Gasteiger partial charge < -0.3 is 9.47 Å². The van der Waals surface area contributed by atoms with Crippen LogP contribution in [-0.2, 0) is 17.8 Å². The molecule has 4 heteroatoms. The molecule has 0 aliphatic carbocycles. The smallest absolute Gasteiger partial charge is 0.227 e. The molecule has 2 heterocycles. The van der Waals surface area contributed by atoms with Gasteiger partial charge in [-0.15, -0.1) is 0 Å². The van der Waals surface area contributed by atoms with E-state index < -0.39 is 0 Å². The van der Waals surface area contributed by atoms with E-state index in [1.54, 1.807) is 0 Å². The average Bonchev–Trinajstić information content (AvgIpc) is 3.21. The average molecular weight is 333 g/mol. The largest absolute Gasteiger partial charge is 0.328 e. The first-order chi connectivity index (χ1) is 12.2. The fourth-order valence-electron chi connectivity index (χ4n) is 3.92. The first-order valence-electron chi connectivity index (χ1n) is 9.06. The summed E-state index contributed by atoms with van der Waals surface area (Å²) in [7, 11) is 0. The highest BCUT2D eigenvalue weighted by Gasteiger charge is 2.35. The molecule has 4 rings (SSSR count). The van der Waals surface area contributed by atoms with Crippen LogP contribution in [0.2, 0.25) is 0 Å². The highest BCUT2D eigenvalue weighted by Crippen LogP contribution is 2.34. The van der Waals surface area contributed by atoms with Crippen molar-refractivity contribution in [3.05, 3.63) is 59.9 Å². The quantitative estimate of drug-likeness (QED) is 0.720. The molecule has 1 aromatic heterocycles. The summed E-state index contributed by atoms with van der Waals surface area (Å²) < 4.78 is 2.25. The number of rotatable bonds is 4. The van der Waals surface area contributed by atoms with Gasteiger partial charge in [0.25, 0.3) is 0 Å². The maximum Gasteiger partial charge on any atom is 0.227 e. The van der Waals surface area contributed by atoms with Gasteiger partial charge in [-0.25, -0.2) is 4.98 Å². The molecule has 2 aromatic carbocycles. The van der Waals surface area contributed by atoms with Crippen LogP contribution in [0.15, 0.2) is 48.5 Å². The van der Waals surface area contributed by atoms with Crippen molar-refractivity contribution >= 4 is 22.6 Å². The van der Waals surface area contributed by atoms with Crippen LogP contribution in [0.25, 0.3) is 11.0 Å². The van der Waals surface area contributed by atoms with Gasteiger partial charge in [-0.2, -0.15) is 0 Å². The Morgan fingerprint density at radius 3 is 2.64 bits per heavy atom. The fourth-order valence-corrected chi connectivity index (χ4v) is 3.92. The summed E-state index contributed by atoms with van der Waals surface area (Å²) in [4.78, 5) is 19.5. The summed E-state index contributed by atoms with van der Waals surface area (Å²) >= 11 is 0. The first-order valence-corrected chi connectivity index (χ1v) is 9.06. The van der Waals surface area contributed by atoms with Crippen LogP contribution in [0.1, 0.15) is 37.6 Å². The number of fused-ring (bicyclic) bond motifs is 1. The van der Waals surface area contributed by atoms with E-state index in [1.165, 1.54) is 5.56 Å². The zero-order valence-electron chi connectivity index (χ0n) is 14.8. The molecule has 0 N–H and O–H groups in total. The van der Waals surface area contributed by atoms with Crippen molar-refractivity contribution in [1.29, 1.82) is 0 Å². The highest BCUT2D eigenvalue weighted by atomic mass is 16.2. The van der Waals surface area contributed by atoms with Gasteiger partial charge in [-0.3, -0.25) is 4.79 Å². The van der Waals surface area contributed by atoms with Gasteiger partial charge in [-0.05, 0) is 37.1 Å².